The molecule has 3 atom stereocenters. The summed E-state index contributed by atoms with van der Waals surface area (Å²) in [7, 11) is 1.58. The molecular weight excluding hydrogens is 912 g/mol. The number of hydrogen-bond acceptors (Lipinski definition) is 5. The number of unbranched alkanes of at least 4 members (excludes halogenated alkanes) is 38. The molecule has 0 saturated heterocycles. The van der Waals surface area contributed by atoms with E-state index in [4.69, 9.17) is 9.05 Å². The lowest BCUT2D eigenvalue weighted by atomic mass is 10.0. The van der Waals surface area contributed by atoms with Crippen LogP contribution in [0.2, 0.25) is 0 Å². The van der Waals surface area contributed by atoms with Gasteiger partial charge in [-0.3, -0.25) is 13.8 Å². The Balaban J connectivity index is 4.18. The van der Waals surface area contributed by atoms with E-state index >= 15 is 0 Å². The molecule has 0 heterocycles. The van der Waals surface area contributed by atoms with Gasteiger partial charge in [0.05, 0.1) is 39.9 Å². The van der Waals surface area contributed by atoms with Crippen molar-refractivity contribution in [3.63, 3.8) is 0 Å². The zero-order chi connectivity index (χ0) is 52.7. The van der Waals surface area contributed by atoms with Gasteiger partial charge in [-0.05, 0) is 57.8 Å². The fraction of sp³-hybridized carbons (Fsp3) is 0.857. The van der Waals surface area contributed by atoms with Gasteiger partial charge in [-0.15, -0.1) is 0 Å². The average molecular weight is 1030 g/mol. The van der Waals surface area contributed by atoms with Crippen molar-refractivity contribution in [2.45, 2.75) is 309 Å². The van der Waals surface area contributed by atoms with Crippen molar-refractivity contribution in [2.24, 2.45) is 0 Å². The summed E-state index contributed by atoms with van der Waals surface area (Å²) in [5.41, 5.74) is 0. The molecule has 0 aliphatic heterocycles. The van der Waals surface area contributed by atoms with E-state index in [1.807, 2.05) is 27.2 Å². The third kappa shape index (κ3) is 56.2. The summed E-state index contributed by atoms with van der Waals surface area (Å²) >= 11 is 0. The molecule has 1 amide bonds. The fourth-order valence-electron chi connectivity index (χ4n) is 9.17. The summed E-state index contributed by atoms with van der Waals surface area (Å²) in [6.45, 7) is 4.84. The number of nitrogens with zero attached hydrogens (tertiary/aromatic N) is 1. The van der Waals surface area contributed by atoms with Gasteiger partial charge in [0.25, 0.3) is 0 Å². The smallest absolute Gasteiger partial charge is 0.387 e. The molecule has 0 aromatic heterocycles. The number of nitrogens with one attached hydrogen (secondary N) is 1. The van der Waals surface area contributed by atoms with Crippen LogP contribution in [0.25, 0.3) is 0 Å². The number of likely N-dealkylation sites (N-methyl/N-ethyl adjacent to an activating group) is 1. The predicted octanol–water partition coefficient (Wildman–Crippen LogP) is 19.1. The Labute approximate surface area is 448 Å². The molecule has 0 aliphatic carbocycles. The standard InChI is InChI=1S/C63H121N2O6P/c1-6-8-10-12-14-16-18-20-22-24-26-28-30-32-34-36-38-40-42-44-46-48-50-52-54-56-62(66)61(60-71-72(68,69)70-59-58-65(3,4)5)64-63(67)57-55-53-51-49-47-45-43-41-39-37-35-33-31-29-27-25-23-21-19-17-15-13-11-9-7-2/h19,21,25,27,31,33,54,56,61-62,66H,6-18,20,22-24,26,28-30,32,34-53,55,57-60H2,1-5H3,(H-,64,67,68,69)/p+1/b21-19-,27-25-,33-31-,56-54+. The van der Waals surface area contributed by atoms with Crippen LogP contribution >= 0.6 is 7.82 Å². The Hall–Kier alpha value is -1.54. The van der Waals surface area contributed by atoms with E-state index in [0.717, 1.165) is 51.4 Å². The molecule has 72 heavy (non-hydrogen) atoms. The molecular formula is C63H122N2O6P+. The Morgan fingerprint density at radius 1 is 0.472 bits per heavy atom. The van der Waals surface area contributed by atoms with Crippen molar-refractivity contribution >= 4 is 13.7 Å². The SMILES string of the molecule is CCCCCCC/C=C\C/C=C\C/C=C\CCCCCCCCCCCCC(=O)NC(COP(=O)(O)OCC[N+](C)(C)C)C(O)/C=C/CCCCCCCCCCCCCCCCCCCCCCCCC. The fourth-order valence-corrected chi connectivity index (χ4v) is 9.91. The van der Waals surface area contributed by atoms with Gasteiger partial charge in [0.2, 0.25) is 5.91 Å². The summed E-state index contributed by atoms with van der Waals surface area (Å²) in [6.07, 6.45) is 72.2. The lowest BCUT2D eigenvalue weighted by Gasteiger charge is -2.25. The second-order valence-corrected chi connectivity index (χ2v) is 23.9. The van der Waals surface area contributed by atoms with Crippen molar-refractivity contribution in [1.29, 1.82) is 0 Å². The summed E-state index contributed by atoms with van der Waals surface area (Å²) < 4.78 is 23.8. The van der Waals surface area contributed by atoms with E-state index in [2.05, 4.69) is 55.6 Å². The Morgan fingerprint density at radius 2 is 0.792 bits per heavy atom. The number of amides is 1. The first-order valence-electron chi connectivity index (χ1n) is 31.0. The molecule has 3 unspecified atom stereocenters. The first-order valence-corrected chi connectivity index (χ1v) is 32.5. The van der Waals surface area contributed by atoms with Gasteiger partial charge in [0.15, 0.2) is 0 Å². The maximum absolute atomic E-state index is 13.0. The van der Waals surface area contributed by atoms with Crippen LogP contribution < -0.4 is 5.32 Å². The summed E-state index contributed by atoms with van der Waals surface area (Å²) in [5.74, 6) is -0.178. The lowest BCUT2D eigenvalue weighted by Crippen LogP contribution is -2.45. The molecule has 0 bridgehead atoms. The van der Waals surface area contributed by atoms with E-state index in [0.29, 0.717) is 17.4 Å². The normalized spacial score (nSPS) is 14.2. The third-order valence-corrected chi connectivity index (χ3v) is 15.0. The van der Waals surface area contributed by atoms with E-state index in [9.17, 15) is 19.4 Å². The molecule has 9 heteroatoms. The monoisotopic (exact) mass is 1030 g/mol. The highest BCUT2D eigenvalue weighted by Gasteiger charge is 2.27. The van der Waals surface area contributed by atoms with Crippen molar-refractivity contribution in [1.82, 2.24) is 5.32 Å². The number of carbonyl (C=O) groups is 1. The quantitative estimate of drug-likeness (QED) is 0.0243. The zero-order valence-corrected chi connectivity index (χ0v) is 49.3. The molecule has 3 N–H and O–H groups in total. The molecule has 0 radical (unpaired) electrons. The molecule has 0 saturated carbocycles. The number of hydrogen-bond donors (Lipinski definition) is 3. The summed E-state index contributed by atoms with van der Waals surface area (Å²) in [4.78, 5) is 23.4. The number of aliphatic hydroxyl groups excluding tert-OH is 1. The molecule has 0 aliphatic rings. The number of quaternary nitrogens is 1. The van der Waals surface area contributed by atoms with Gasteiger partial charge in [-0.2, -0.15) is 0 Å². The van der Waals surface area contributed by atoms with E-state index in [1.54, 1.807) is 6.08 Å². The van der Waals surface area contributed by atoms with E-state index in [-0.39, 0.29) is 19.1 Å². The highest BCUT2D eigenvalue weighted by atomic mass is 31.2. The summed E-state index contributed by atoms with van der Waals surface area (Å²) in [5, 5.41) is 14.0. The second-order valence-electron chi connectivity index (χ2n) is 22.4. The number of rotatable bonds is 57. The third-order valence-electron chi connectivity index (χ3n) is 14.0. The highest BCUT2D eigenvalue weighted by molar-refractivity contribution is 7.47. The molecule has 424 valence electrons. The van der Waals surface area contributed by atoms with E-state index in [1.165, 1.54) is 225 Å². The van der Waals surface area contributed by atoms with Gasteiger partial charge >= 0.3 is 7.82 Å². The Bertz CT molecular complexity index is 1310. The average Bonchev–Trinajstić information content (AvgIpc) is 3.34. The molecule has 0 fully saturated rings. The lowest BCUT2D eigenvalue weighted by molar-refractivity contribution is -0.870. The van der Waals surface area contributed by atoms with Crippen molar-refractivity contribution in [3.05, 3.63) is 48.6 Å². The number of aliphatic hydroxyl groups is 1. The molecule has 8 nitrogen and oxygen atoms in total. The summed E-state index contributed by atoms with van der Waals surface area (Å²) in [6, 6.07) is -0.851. The maximum atomic E-state index is 13.0. The van der Waals surface area contributed by atoms with Crippen LogP contribution in [0.4, 0.5) is 0 Å². The van der Waals surface area contributed by atoms with E-state index < -0.39 is 20.0 Å². The van der Waals surface area contributed by atoms with Crippen LogP contribution in [0.15, 0.2) is 48.6 Å². The van der Waals surface area contributed by atoms with Crippen LogP contribution in [0.5, 0.6) is 0 Å². The van der Waals surface area contributed by atoms with Gasteiger partial charge in [0, 0.05) is 6.42 Å². The number of allylic oxidation sites excluding steroid dienone is 7. The van der Waals surface area contributed by atoms with Crippen molar-refractivity contribution in [2.75, 3.05) is 40.9 Å². The highest BCUT2D eigenvalue weighted by Crippen LogP contribution is 2.43. The molecule has 0 aromatic carbocycles. The number of phosphoric ester groups is 1. The molecule has 0 rings (SSSR count). The topological polar surface area (TPSA) is 105 Å². The van der Waals surface area contributed by atoms with Gasteiger partial charge in [-0.25, -0.2) is 4.57 Å². The van der Waals surface area contributed by atoms with Crippen LogP contribution in [-0.4, -0.2) is 73.4 Å². The molecule has 0 aromatic rings. The van der Waals surface area contributed by atoms with Crippen LogP contribution in [0.1, 0.15) is 296 Å². The first-order chi connectivity index (χ1) is 35.0. The Morgan fingerprint density at radius 3 is 1.15 bits per heavy atom. The van der Waals surface area contributed by atoms with Crippen LogP contribution in [-0.2, 0) is 18.4 Å². The van der Waals surface area contributed by atoms with Crippen molar-refractivity contribution in [3.8, 4) is 0 Å². The van der Waals surface area contributed by atoms with Gasteiger partial charge in [-0.1, -0.05) is 281 Å². The number of carbonyl (C=O) groups excluding carboxylic acids is 1. The maximum Gasteiger partial charge on any atom is 0.472 e. The first kappa shape index (κ1) is 70.5. The second kappa shape index (κ2) is 54.3. The Kier molecular flexibility index (Phi) is 53.1. The number of phosphoric acid groups is 1. The van der Waals surface area contributed by atoms with Gasteiger partial charge < -0.3 is 19.8 Å². The van der Waals surface area contributed by atoms with Crippen molar-refractivity contribution < 1.29 is 32.9 Å². The van der Waals surface area contributed by atoms with Crippen LogP contribution in [0, 0.1) is 0 Å². The minimum absolute atomic E-state index is 0.0602. The minimum Gasteiger partial charge on any atom is -0.387 e. The largest absolute Gasteiger partial charge is 0.472 e. The zero-order valence-electron chi connectivity index (χ0n) is 48.4. The van der Waals surface area contributed by atoms with Crippen LogP contribution in [0.3, 0.4) is 0 Å². The minimum atomic E-state index is -4.35. The predicted molar refractivity (Wildman–Crippen MR) is 314 cm³/mol. The van der Waals surface area contributed by atoms with Gasteiger partial charge in [0.1, 0.15) is 13.2 Å². The molecule has 0 spiro atoms.